The minimum atomic E-state index is -0.271. The summed E-state index contributed by atoms with van der Waals surface area (Å²) in [6.45, 7) is 4.99. The molecule has 0 unspecified atom stereocenters. The quantitative estimate of drug-likeness (QED) is 0.619. The number of nitrogens with two attached hydrogens (primary N) is 1. The molecule has 0 aromatic heterocycles. The number of benzene rings is 1. The molecule has 0 spiro atoms. The number of anilines is 2. The summed E-state index contributed by atoms with van der Waals surface area (Å²) in [6, 6.07) is 5.77. The topological polar surface area (TPSA) is 64.3 Å². The third-order valence-electron chi connectivity index (χ3n) is 3.21. The van der Waals surface area contributed by atoms with Crippen molar-refractivity contribution in [2.45, 2.75) is 25.7 Å². The normalized spacial score (nSPS) is 21.8. The van der Waals surface area contributed by atoms with Gasteiger partial charge in [-0.25, -0.2) is 0 Å². The molecule has 1 atom stereocenters. The minimum absolute atomic E-state index is 0.173. The molecular weight excluding hydrogens is 216 g/mol. The number of hydrogen-bond donors (Lipinski definition) is 2. The zero-order chi connectivity index (χ0) is 12.5. The lowest BCUT2D eigenvalue weighted by Gasteiger charge is -2.24. The van der Waals surface area contributed by atoms with Gasteiger partial charge in [-0.15, -0.1) is 0 Å². The fourth-order valence-corrected chi connectivity index (χ4v) is 2.45. The van der Waals surface area contributed by atoms with Gasteiger partial charge in [0.15, 0.2) is 0 Å². The molecule has 0 aliphatic carbocycles. The molecular formula is C13H18N2O2. The van der Waals surface area contributed by atoms with Crippen molar-refractivity contribution in [3.63, 3.8) is 0 Å². The molecule has 1 heterocycles. The van der Waals surface area contributed by atoms with Crippen molar-refractivity contribution in [3.05, 3.63) is 23.8 Å². The molecule has 17 heavy (non-hydrogen) atoms. The van der Waals surface area contributed by atoms with Gasteiger partial charge in [0, 0.05) is 28.9 Å². The Morgan fingerprint density at radius 1 is 1.59 bits per heavy atom. The van der Waals surface area contributed by atoms with Crippen LogP contribution in [0.1, 0.15) is 25.8 Å². The highest BCUT2D eigenvalue weighted by Gasteiger charge is 2.38. The van der Waals surface area contributed by atoms with Crippen molar-refractivity contribution in [2.24, 2.45) is 0 Å². The second-order valence-corrected chi connectivity index (χ2v) is 4.67. The minimum Gasteiger partial charge on any atom is -0.466 e. The van der Waals surface area contributed by atoms with E-state index in [0.717, 1.165) is 23.5 Å². The van der Waals surface area contributed by atoms with Crippen LogP contribution in [0, 0.1) is 0 Å². The van der Waals surface area contributed by atoms with Gasteiger partial charge >= 0.3 is 5.97 Å². The number of nitrogens with one attached hydrogen (secondary N) is 1. The Bertz CT molecular complexity index is 445. The number of esters is 1. The van der Waals surface area contributed by atoms with E-state index in [1.54, 1.807) is 0 Å². The predicted octanol–water partition coefficient (Wildman–Crippen LogP) is 1.91. The zero-order valence-corrected chi connectivity index (χ0v) is 10.2. The first-order valence-electron chi connectivity index (χ1n) is 5.85. The summed E-state index contributed by atoms with van der Waals surface area (Å²) in [4.78, 5) is 11.6. The van der Waals surface area contributed by atoms with E-state index in [-0.39, 0.29) is 11.4 Å². The Labute approximate surface area is 101 Å². The maximum atomic E-state index is 11.6. The first-order chi connectivity index (χ1) is 8.07. The van der Waals surface area contributed by atoms with Crippen molar-refractivity contribution in [3.8, 4) is 0 Å². The van der Waals surface area contributed by atoms with Crippen molar-refractivity contribution in [1.29, 1.82) is 0 Å². The van der Waals surface area contributed by atoms with Gasteiger partial charge in [0.05, 0.1) is 13.0 Å². The lowest BCUT2D eigenvalue weighted by Crippen LogP contribution is -2.29. The van der Waals surface area contributed by atoms with E-state index in [9.17, 15) is 4.79 Å². The number of nitrogen functional groups attached to an aromatic ring is 1. The molecule has 4 heteroatoms. The maximum absolute atomic E-state index is 11.6. The maximum Gasteiger partial charge on any atom is 0.306 e. The van der Waals surface area contributed by atoms with Crippen molar-refractivity contribution >= 4 is 17.3 Å². The van der Waals surface area contributed by atoms with Gasteiger partial charge in [-0.05, 0) is 19.1 Å². The number of fused-ring (bicyclic) bond motifs is 1. The van der Waals surface area contributed by atoms with E-state index >= 15 is 0 Å². The molecule has 92 valence electrons. The van der Waals surface area contributed by atoms with Gasteiger partial charge < -0.3 is 15.8 Å². The van der Waals surface area contributed by atoms with Gasteiger partial charge in [-0.2, -0.15) is 0 Å². The van der Waals surface area contributed by atoms with Crippen LogP contribution < -0.4 is 11.1 Å². The van der Waals surface area contributed by atoms with E-state index < -0.39 is 0 Å². The second kappa shape index (κ2) is 4.28. The number of carbonyl (C=O) groups excluding carboxylic acids is 1. The third-order valence-corrected chi connectivity index (χ3v) is 3.21. The second-order valence-electron chi connectivity index (χ2n) is 4.67. The molecule has 1 aromatic rings. The van der Waals surface area contributed by atoms with Crippen LogP contribution in [-0.2, 0) is 14.9 Å². The first kappa shape index (κ1) is 11.8. The Morgan fingerprint density at radius 3 is 3.06 bits per heavy atom. The molecule has 1 aliphatic heterocycles. The molecule has 1 aromatic carbocycles. The van der Waals surface area contributed by atoms with Crippen LogP contribution in [0.25, 0.3) is 0 Å². The van der Waals surface area contributed by atoms with Crippen molar-refractivity contribution in [1.82, 2.24) is 0 Å². The first-order valence-corrected chi connectivity index (χ1v) is 5.85. The highest BCUT2D eigenvalue weighted by molar-refractivity contribution is 5.77. The van der Waals surface area contributed by atoms with E-state index in [2.05, 4.69) is 5.32 Å². The van der Waals surface area contributed by atoms with Gasteiger partial charge in [0.2, 0.25) is 0 Å². The summed E-state index contributed by atoms with van der Waals surface area (Å²) in [5.41, 5.74) is 8.53. The van der Waals surface area contributed by atoms with Gasteiger partial charge in [-0.3, -0.25) is 4.79 Å². The Morgan fingerprint density at radius 2 is 2.35 bits per heavy atom. The van der Waals surface area contributed by atoms with Gasteiger partial charge in [0.1, 0.15) is 0 Å². The molecule has 0 saturated heterocycles. The number of hydrogen-bond acceptors (Lipinski definition) is 4. The molecule has 3 N–H and O–H groups in total. The summed E-state index contributed by atoms with van der Waals surface area (Å²) < 4.78 is 5.02. The molecule has 1 aliphatic rings. The lowest BCUT2D eigenvalue weighted by atomic mass is 9.80. The molecule has 0 saturated carbocycles. The summed E-state index contributed by atoms with van der Waals surface area (Å²) in [5, 5.41) is 3.29. The van der Waals surface area contributed by atoms with Crippen LogP contribution in [0.4, 0.5) is 11.4 Å². The average molecular weight is 234 g/mol. The van der Waals surface area contributed by atoms with Crippen molar-refractivity contribution < 1.29 is 9.53 Å². The smallest absolute Gasteiger partial charge is 0.306 e. The summed E-state index contributed by atoms with van der Waals surface area (Å²) in [7, 11) is 0. The highest BCUT2D eigenvalue weighted by atomic mass is 16.5. The third kappa shape index (κ3) is 2.07. The largest absolute Gasteiger partial charge is 0.466 e. The summed E-state index contributed by atoms with van der Waals surface area (Å²) >= 11 is 0. The number of carbonyl (C=O) groups is 1. The Kier molecular flexibility index (Phi) is 2.96. The van der Waals surface area contributed by atoms with Crippen LogP contribution in [-0.4, -0.2) is 19.1 Å². The molecule has 0 bridgehead atoms. The summed E-state index contributed by atoms with van der Waals surface area (Å²) in [5.74, 6) is -0.173. The zero-order valence-electron chi connectivity index (χ0n) is 10.2. The standard InChI is InChI=1S/C13H18N2O2/c1-3-17-11(16)7-13(2)8-15-10-6-4-5-9(14)12(10)13/h4-6,15H,3,7-8,14H2,1-2H3/t13-/m0/s1. The van der Waals surface area contributed by atoms with Crippen molar-refractivity contribution in [2.75, 3.05) is 24.2 Å². The van der Waals surface area contributed by atoms with E-state index in [1.165, 1.54) is 0 Å². The molecule has 0 fully saturated rings. The molecule has 0 radical (unpaired) electrons. The summed E-state index contributed by atoms with van der Waals surface area (Å²) in [6.07, 6.45) is 0.356. The van der Waals surface area contributed by atoms with Crippen LogP contribution in [0.15, 0.2) is 18.2 Å². The molecule has 0 amide bonds. The average Bonchev–Trinajstić information content (AvgIpc) is 2.58. The monoisotopic (exact) mass is 234 g/mol. The van der Waals surface area contributed by atoms with Crippen LogP contribution in [0.2, 0.25) is 0 Å². The highest BCUT2D eigenvalue weighted by Crippen LogP contribution is 2.42. The predicted molar refractivity (Wildman–Crippen MR) is 67.9 cm³/mol. The number of rotatable bonds is 3. The Hall–Kier alpha value is -1.71. The van der Waals surface area contributed by atoms with Gasteiger partial charge in [-0.1, -0.05) is 13.0 Å². The van der Waals surface area contributed by atoms with Crippen LogP contribution in [0.5, 0.6) is 0 Å². The fraction of sp³-hybridized carbons (Fsp3) is 0.462. The number of ether oxygens (including phenoxy) is 1. The van der Waals surface area contributed by atoms with E-state index in [4.69, 9.17) is 10.5 Å². The van der Waals surface area contributed by atoms with E-state index in [1.807, 2.05) is 32.0 Å². The van der Waals surface area contributed by atoms with Gasteiger partial charge in [0.25, 0.3) is 0 Å². The van der Waals surface area contributed by atoms with Crippen LogP contribution >= 0.6 is 0 Å². The SMILES string of the molecule is CCOC(=O)C[C@@]1(C)CNc2cccc(N)c21. The fourth-order valence-electron chi connectivity index (χ4n) is 2.45. The molecule has 2 rings (SSSR count). The Balaban J connectivity index is 2.28. The van der Waals surface area contributed by atoms with Crippen LogP contribution in [0.3, 0.4) is 0 Å². The molecule has 4 nitrogen and oxygen atoms in total. The lowest BCUT2D eigenvalue weighted by molar-refractivity contribution is -0.144. The van der Waals surface area contributed by atoms with E-state index in [0.29, 0.717) is 13.0 Å².